The number of tetrazole rings is 2. The smallest absolute Gasteiger partial charge is 0.408 e. The van der Waals surface area contributed by atoms with Crippen LogP contribution in [-0.4, -0.2) is 94.3 Å². The number of nitriles is 1. The number of alkyl carbamates (subject to hydrolysis) is 3. The van der Waals surface area contributed by atoms with Crippen molar-refractivity contribution in [2.75, 3.05) is 0 Å². The van der Waals surface area contributed by atoms with E-state index in [-0.39, 0.29) is 41.2 Å². The van der Waals surface area contributed by atoms with Crippen molar-refractivity contribution in [1.29, 1.82) is 5.26 Å². The van der Waals surface area contributed by atoms with Gasteiger partial charge in [-0.3, -0.25) is 4.79 Å². The van der Waals surface area contributed by atoms with Gasteiger partial charge in [-0.25, -0.2) is 14.4 Å². The molecule has 4 amide bonds. The number of carbonyl (C=O) groups excluding carboxylic acids is 4. The molecule has 0 unspecified atom stereocenters. The number of ether oxygens (including phenoxy) is 3. The molecule has 0 aromatic carbocycles. The van der Waals surface area contributed by atoms with Gasteiger partial charge in [0.25, 0.3) is 0 Å². The lowest BCUT2D eigenvalue weighted by molar-refractivity contribution is -0.120. The number of hydrogen-bond acceptors (Lipinski definition) is 15. The molecule has 21 heteroatoms. The highest BCUT2D eigenvalue weighted by atomic mass is 16.6. The predicted octanol–water partition coefficient (Wildman–Crippen LogP) is 8.11. The first kappa shape index (κ1) is 64.2. The number of nitrogens with two attached hydrogens (primary N) is 2. The molecule has 4 atom stereocenters. The fraction of sp³-hybridized carbons (Fsp3) is 0.841. The molecule has 0 spiro atoms. The third kappa shape index (κ3) is 39.0. The highest BCUT2D eigenvalue weighted by Gasteiger charge is 2.29. The van der Waals surface area contributed by atoms with Crippen LogP contribution in [0, 0.1) is 33.0 Å². The van der Waals surface area contributed by atoms with Crippen LogP contribution in [-0.2, 0) is 19.0 Å². The Bertz CT molecular complexity index is 1700. The SMILES string of the molecule is C.CC(C)(C)C[C@@H](C#N)NC(=O)OC(C)(C)C.CC(C)(C)C[C@H](N)c1nn[nH]n1.CC(C)(C)C[C@H](NC(=O)OC(C)(C)C)C(N)=O.CC(C)(C)C[C@H](NC(=O)OC(C)(C)C)c1nn[nH]n1. The number of carbonyl (C=O) groups is 4. The standard InChI is InChI=1S/C12H23N5O2.C12H24N2O3.C12H22N2O2.C7H15N5.CH4/c1-11(2,3)7-8(9-14-16-17-15-9)13-10(18)19-12(4,5)6;1-11(2,3)7-8(9(13)15)14-10(16)17-12(4,5)6;1-11(2,3)7-9(8-13)14-10(15)16-12(4,5)6;1-7(2,3)4-5(8)6-9-11-12-10-6;/h8H,7H2,1-6H3,(H,13,18)(H,14,15,16,17);8H,7H2,1-6H3,(H2,13,15)(H,14,16);9H,7H2,1-6H3,(H,14,15);5H,4,8H2,1-3H3,(H,9,10,11,12);1H4/t2*8-;9-;5-;/m0000./s1. The number of H-pyrrole nitrogens is 2. The third-order valence-corrected chi connectivity index (χ3v) is 7.22. The van der Waals surface area contributed by atoms with Crippen LogP contribution in [0.3, 0.4) is 0 Å². The van der Waals surface area contributed by atoms with Crippen molar-refractivity contribution in [2.45, 2.75) is 219 Å². The average molecular weight is 925 g/mol. The second-order valence-corrected chi connectivity index (χ2v) is 23.3. The van der Waals surface area contributed by atoms with E-state index in [1.165, 1.54) is 0 Å². The zero-order valence-corrected chi connectivity index (χ0v) is 42.8. The van der Waals surface area contributed by atoms with E-state index in [9.17, 15) is 19.2 Å². The van der Waals surface area contributed by atoms with Gasteiger partial charge >= 0.3 is 18.3 Å². The van der Waals surface area contributed by atoms with Crippen LogP contribution in [0.25, 0.3) is 0 Å². The monoisotopic (exact) mass is 925 g/mol. The lowest BCUT2D eigenvalue weighted by Crippen LogP contribution is -2.47. The molecular weight excluding hydrogens is 837 g/mol. The molecule has 21 nitrogen and oxygen atoms in total. The van der Waals surface area contributed by atoms with Crippen molar-refractivity contribution in [1.82, 2.24) is 57.2 Å². The molecule has 0 radical (unpaired) electrons. The fourth-order valence-corrected chi connectivity index (χ4v) is 5.14. The summed E-state index contributed by atoms with van der Waals surface area (Å²) in [4.78, 5) is 46.0. The lowest BCUT2D eigenvalue weighted by Gasteiger charge is -2.26. The molecule has 0 fully saturated rings. The summed E-state index contributed by atoms with van der Waals surface area (Å²) >= 11 is 0. The van der Waals surface area contributed by atoms with Crippen molar-refractivity contribution < 1.29 is 33.4 Å². The first-order valence-corrected chi connectivity index (χ1v) is 21.4. The van der Waals surface area contributed by atoms with Gasteiger partial charge in [-0.05, 0) is 110 Å². The second-order valence-electron chi connectivity index (χ2n) is 23.3. The number of aromatic nitrogens is 8. The number of aromatic amines is 2. The van der Waals surface area contributed by atoms with E-state index in [1.54, 1.807) is 41.5 Å². The van der Waals surface area contributed by atoms with Crippen molar-refractivity contribution in [3.05, 3.63) is 11.6 Å². The molecule has 9 N–H and O–H groups in total. The number of primary amides is 1. The van der Waals surface area contributed by atoms with Crippen LogP contribution in [0.2, 0.25) is 0 Å². The van der Waals surface area contributed by atoms with E-state index in [2.05, 4.69) is 105 Å². The number of nitrogens with zero attached hydrogens (tertiary/aromatic N) is 7. The molecule has 0 aliphatic carbocycles. The molecule has 0 saturated heterocycles. The van der Waals surface area contributed by atoms with Crippen LogP contribution < -0.4 is 27.4 Å². The summed E-state index contributed by atoms with van der Waals surface area (Å²) < 4.78 is 15.4. The molecule has 0 aliphatic rings. The van der Waals surface area contributed by atoms with Crippen LogP contribution in [0.15, 0.2) is 0 Å². The Kier molecular flexibility index (Phi) is 26.4. The highest BCUT2D eigenvalue weighted by molar-refractivity contribution is 5.84. The summed E-state index contributed by atoms with van der Waals surface area (Å²) in [7, 11) is 0. The summed E-state index contributed by atoms with van der Waals surface area (Å²) in [6.45, 7) is 40.7. The van der Waals surface area contributed by atoms with E-state index < -0.39 is 53.1 Å². The molecule has 2 rings (SSSR count). The van der Waals surface area contributed by atoms with Crippen molar-refractivity contribution in [3.8, 4) is 6.07 Å². The van der Waals surface area contributed by atoms with Gasteiger partial charge in [-0.15, -0.1) is 20.4 Å². The first-order chi connectivity index (χ1) is 28.5. The van der Waals surface area contributed by atoms with Crippen LogP contribution >= 0.6 is 0 Å². The third-order valence-electron chi connectivity index (χ3n) is 7.22. The molecule has 0 aliphatic heterocycles. The van der Waals surface area contributed by atoms with Gasteiger partial charge in [-0.2, -0.15) is 15.7 Å². The van der Waals surface area contributed by atoms with Gasteiger partial charge in [0.2, 0.25) is 5.91 Å². The summed E-state index contributed by atoms with van der Waals surface area (Å²) in [5, 5.41) is 44.0. The Morgan fingerprint density at radius 1 is 0.569 bits per heavy atom. The van der Waals surface area contributed by atoms with Gasteiger partial charge in [-0.1, -0.05) is 101 Å². The molecular formula is C44H88N14O7. The van der Waals surface area contributed by atoms with E-state index in [0.717, 1.165) is 6.42 Å². The van der Waals surface area contributed by atoms with Crippen molar-refractivity contribution in [2.24, 2.45) is 33.1 Å². The molecule has 0 saturated carbocycles. The topological polar surface area (TPSA) is 317 Å². The van der Waals surface area contributed by atoms with Gasteiger partial charge < -0.3 is 41.6 Å². The minimum atomic E-state index is -0.704. The normalized spacial score (nSPS) is 13.9. The Balaban J connectivity index is -0.000000793. The van der Waals surface area contributed by atoms with Gasteiger partial charge in [0.15, 0.2) is 11.6 Å². The second kappa shape index (κ2) is 26.7. The molecule has 376 valence electrons. The minimum absolute atomic E-state index is 0. The quantitative estimate of drug-likeness (QED) is 0.111. The van der Waals surface area contributed by atoms with Crippen molar-refractivity contribution >= 4 is 24.2 Å². The van der Waals surface area contributed by atoms with Crippen LogP contribution in [0.5, 0.6) is 0 Å². The van der Waals surface area contributed by atoms with E-state index in [4.69, 9.17) is 30.9 Å². The van der Waals surface area contributed by atoms with Gasteiger partial charge in [0.1, 0.15) is 28.9 Å². The van der Waals surface area contributed by atoms with E-state index in [1.807, 2.05) is 62.3 Å². The van der Waals surface area contributed by atoms with Gasteiger partial charge in [0, 0.05) is 0 Å². The fourth-order valence-electron chi connectivity index (χ4n) is 5.14. The number of hydrogen-bond donors (Lipinski definition) is 7. The molecule has 2 aromatic heterocycles. The lowest BCUT2D eigenvalue weighted by atomic mass is 9.88. The minimum Gasteiger partial charge on any atom is -0.444 e. The average Bonchev–Trinajstić information content (AvgIpc) is 3.75. The predicted molar refractivity (Wildman–Crippen MR) is 252 cm³/mol. The van der Waals surface area contributed by atoms with Crippen molar-refractivity contribution in [3.63, 3.8) is 0 Å². The summed E-state index contributed by atoms with van der Waals surface area (Å²) in [6, 6.07) is 0.408. The maximum absolute atomic E-state index is 11.8. The van der Waals surface area contributed by atoms with Crippen LogP contribution in [0.1, 0.15) is 202 Å². The molecule has 65 heavy (non-hydrogen) atoms. The number of nitrogens with one attached hydrogen (secondary N) is 5. The van der Waals surface area contributed by atoms with E-state index in [0.29, 0.717) is 30.9 Å². The highest BCUT2D eigenvalue weighted by Crippen LogP contribution is 2.28. The Morgan fingerprint density at radius 2 is 0.923 bits per heavy atom. The summed E-state index contributed by atoms with van der Waals surface area (Å²) in [6.07, 6.45) is 0.975. The molecule has 2 heterocycles. The zero-order valence-electron chi connectivity index (χ0n) is 42.8. The van der Waals surface area contributed by atoms with Crippen LogP contribution in [0.4, 0.5) is 14.4 Å². The zero-order chi connectivity index (χ0) is 50.7. The first-order valence-electron chi connectivity index (χ1n) is 21.4. The summed E-state index contributed by atoms with van der Waals surface area (Å²) in [5.41, 5.74) is 9.53. The maximum Gasteiger partial charge on any atom is 0.408 e. The Morgan fingerprint density at radius 3 is 1.23 bits per heavy atom. The van der Waals surface area contributed by atoms with Gasteiger partial charge in [0.05, 0.1) is 18.2 Å². The Hall–Kier alpha value is -5.13. The maximum atomic E-state index is 11.8. The Labute approximate surface area is 389 Å². The summed E-state index contributed by atoms with van der Waals surface area (Å²) in [5.74, 6) is 0.497. The number of rotatable bonds is 10. The van der Waals surface area contributed by atoms with E-state index >= 15 is 0 Å². The number of amides is 4. The molecule has 0 bridgehead atoms. The largest absolute Gasteiger partial charge is 0.444 e. The molecule has 2 aromatic rings.